The van der Waals surface area contributed by atoms with Crippen molar-refractivity contribution in [2.75, 3.05) is 19.0 Å². The number of halogens is 1. The Morgan fingerprint density at radius 2 is 1.72 bits per heavy atom. The summed E-state index contributed by atoms with van der Waals surface area (Å²) in [5, 5.41) is 6.28. The first-order chi connectivity index (χ1) is 17.4. The smallest absolute Gasteiger partial charge is 0.343 e. The van der Waals surface area contributed by atoms with E-state index in [-0.39, 0.29) is 5.75 Å². The summed E-state index contributed by atoms with van der Waals surface area (Å²) in [4.78, 5) is 37.0. The lowest BCUT2D eigenvalue weighted by molar-refractivity contribution is -0.136. The van der Waals surface area contributed by atoms with E-state index >= 15 is 0 Å². The highest BCUT2D eigenvalue weighted by molar-refractivity contribution is 9.10. The van der Waals surface area contributed by atoms with Crippen LogP contribution in [0.3, 0.4) is 0 Å². The maximum absolute atomic E-state index is 12.6. The van der Waals surface area contributed by atoms with Crippen molar-refractivity contribution in [1.29, 1.82) is 0 Å². The van der Waals surface area contributed by atoms with E-state index in [9.17, 15) is 14.4 Å². The van der Waals surface area contributed by atoms with E-state index in [1.807, 2.05) is 6.92 Å². The van der Waals surface area contributed by atoms with Crippen LogP contribution in [-0.4, -0.2) is 37.7 Å². The van der Waals surface area contributed by atoms with Gasteiger partial charge >= 0.3 is 17.8 Å². The Kier molecular flexibility index (Phi) is 9.58. The summed E-state index contributed by atoms with van der Waals surface area (Å²) in [6.45, 7) is 2.59. The fourth-order valence-corrected chi connectivity index (χ4v) is 3.30. The average Bonchev–Trinajstić information content (AvgIpc) is 2.89. The average molecular weight is 554 g/mol. The van der Waals surface area contributed by atoms with Crippen molar-refractivity contribution >= 4 is 45.6 Å². The van der Waals surface area contributed by atoms with Crippen LogP contribution >= 0.6 is 15.9 Å². The lowest BCUT2D eigenvalue weighted by Crippen LogP contribution is -2.32. The Labute approximate surface area is 216 Å². The zero-order valence-corrected chi connectivity index (χ0v) is 21.2. The molecule has 0 unspecified atom stereocenters. The molecule has 186 valence electrons. The van der Waals surface area contributed by atoms with Gasteiger partial charge in [-0.25, -0.2) is 10.2 Å². The lowest BCUT2D eigenvalue weighted by Gasteiger charge is -2.09. The van der Waals surface area contributed by atoms with Gasteiger partial charge in [0.15, 0.2) is 0 Å². The van der Waals surface area contributed by atoms with Gasteiger partial charge in [-0.05, 0) is 61.0 Å². The van der Waals surface area contributed by atoms with Crippen LogP contribution in [0.15, 0.2) is 76.3 Å². The van der Waals surface area contributed by atoms with Crippen LogP contribution in [0.1, 0.15) is 29.3 Å². The van der Waals surface area contributed by atoms with Gasteiger partial charge in [-0.3, -0.25) is 9.59 Å². The summed E-state index contributed by atoms with van der Waals surface area (Å²) in [6.07, 6.45) is 2.15. The molecule has 36 heavy (non-hydrogen) atoms. The second kappa shape index (κ2) is 13.1. The molecule has 0 aliphatic heterocycles. The van der Waals surface area contributed by atoms with Gasteiger partial charge in [0.2, 0.25) is 0 Å². The number of benzene rings is 3. The molecular weight excluding hydrogens is 530 g/mol. The monoisotopic (exact) mass is 553 g/mol. The maximum atomic E-state index is 12.6. The topological polar surface area (TPSA) is 115 Å². The molecule has 3 aromatic carbocycles. The molecule has 0 aliphatic carbocycles. The number of hydrogen-bond donors (Lipinski definition) is 2. The number of carbonyl (C=O) groups is 3. The summed E-state index contributed by atoms with van der Waals surface area (Å²) >= 11 is 3.35. The minimum Gasteiger partial charge on any atom is -0.495 e. The zero-order chi connectivity index (χ0) is 25.9. The molecule has 0 heterocycles. The van der Waals surface area contributed by atoms with Crippen molar-refractivity contribution in [3.8, 4) is 17.2 Å². The van der Waals surface area contributed by atoms with E-state index in [4.69, 9.17) is 14.2 Å². The van der Waals surface area contributed by atoms with Crippen LogP contribution < -0.4 is 25.0 Å². The SMILES string of the molecule is CCCOc1ccc(C(=O)Oc2ccc(Br)cc2/C=N\NC(=O)C(=O)Nc2ccccc2OC)cc1. The molecule has 0 bridgehead atoms. The molecule has 0 radical (unpaired) electrons. The third-order valence-corrected chi connectivity index (χ3v) is 5.16. The van der Waals surface area contributed by atoms with Gasteiger partial charge in [-0.2, -0.15) is 5.10 Å². The number of anilines is 1. The lowest BCUT2D eigenvalue weighted by atomic mass is 10.2. The highest BCUT2D eigenvalue weighted by Crippen LogP contribution is 2.24. The van der Waals surface area contributed by atoms with Crippen molar-refractivity contribution < 1.29 is 28.6 Å². The first-order valence-electron chi connectivity index (χ1n) is 10.9. The van der Waals surface area contributed by atoms with Crippen molar-refractivity contribution in [1.82, 2.24) is 5.43 Å². The first-order valence-corrected chi connectivity index (χ1v) is 11.7. The molecular formula is C26H24BrN3O6. The van der Waals surface area contributed by atoms with E-state index in [1.165, 1.54) is 13.3 Å². The molecule has 0 saturated heterocycles. The summed E-state index contributed by atoms with van der Waals surface area (Å²) in [5.74, 6) is -1.21. The number of amides is 2. The Morgan fingerprint density at radius 1 is 0.972 bits per heavy atom. The second-order valence-corrected chi connectivity index (χ2v) is 8.21. The molecule has 0 aromatic heterocycles. The number of rotatable bonds is 9. The Balaban J connectivity index is 1.64. The fraction of sp³-hybridized carbons (Fsp3) is 0.154. The van der Waals surface area contributed by atoms with Crippen molar-refractivity contribution in [2.45, 2.75) is 13.3 Å². The van der Waals surface area contributed by atoms with Crippen molar-refractivity contribution in [3.05, 3.63) is 82.3 Å². The van der Waals surface area contributed by atoms with Crippen LogP contribution in [0.25, 0.3) is 0 Å². The third kappa shape index (κ3) is 7.41. The van der Waals surface area contributed by atoms with Gasteiger partial charge in [0.25, 0.3) is 0 Å². The van der Waals surface area contributed by atoms with Gasteiger partial charge in [0.05, 0.1) is 31.2 Å². The quantitative estimate of drug-likeness (QED) is 0.132. The molecule has 0 spiro atoms. The number of ether oxygens (including phenoxy) is 3. The number of para-hydroxylation sites is 2. The number of nitrogens with one attached hydrogen (secondary N) is 2. The normalized spacial score (nSPS) is 10.5. The number of nitrogens with zero attached hydrogens (tertiary/aromatic N) is 1. The molecule has 2 amide bonds. The van der Waals surface area contributed by atoms with E-state index < -0.39 is 17.8 Å². The molecule has 3 aromatic rings. The molecule has 10 heteroatoms. The van der Waals surface area contributed by atoms with Crippen molar-refractivity contribution in [2.24, 2.45) is 5.10 Å². The minimum atomic E-state index is -0.990. The molecule has 0 saturated carbocycles. The van der Waals surface area contributed by atoms with Crippen LogP contribution in [0.5, 0.6) is 17.2 Å². The minimum absolute atomic E-state index is 0.214. The maximum Gasteiger partial charge on any atom is 0.343 e. The standard InChI is InChI=1S/C26H24BrN3O6/c1-3-14-35-20-11-8-17(9-12-20)26(33)36-22-13-10-19(27)15-18(22)16-28-30-25(32)24(31)29-21-6-4-5-7-23(21)34-2/h4-13,15-16H,3,14H2,1-2H3,(H,29,31)(H,30,32)/b28-16-. The number of carbonyl (C=O) groups excluding carboxylic acids is 3. The summed E-state index contributed by atoms with van der Waals surface area (Å²) in [5.41, 5.74) is 3.23. The first kappa shape index (κ1) is 26.4. The molecule has 9 nitrogen and oxygen atoms in total. The third-order valence-electron chi connectivity index (χ3n) is 4.67. The number of hydrogen-bond acceptors (Lipinski definition) is 7. The number of esters is 1. The molecule has 0 atom stereocenters. The van der Waals surface area contributed by atoms with Gasteiger partial charge in [-0.15, -0.1) is 0 Å². The molecule has 3 rings (SSSR count). The van der Waals surface area contributed by atoms with Gasteiger partial charge < -0.3 is 19.5 Å². The van der Waals surface area contributed by atoms with E-state index in [2.05, 4.69) is 31.8 Å². The highest BCUT2D eigenvalue weighted by Gasteiger charge is 2.16. The zero-order valence-electron chi connectivity index (χ0n) is 19.6. The Hall–Kier alpha value is -4.18. The predicted octanol–water partition coefficient (Wildman–Crippen LogP) is 4.55. The van der Waals surface area contributed by atoms with Gasteiger partial charge in [-0.1, -0.05) is 35.0 Å². The van der Waals surface area contributed by atoms with Crippen LogP contribution in [-0.2, 0) is 9.59 Å². The van der Waals surface area contributed by atoms with Crippen LogP contribution in [0, 0.1) is 0 Å². The number of methoxy groups -OCH3 is 1. The largest absolute Gasteiger partial charge is 0.495 e. The predicted molar refractivity (Wildman–Crippen MR) is 139 cm³/mol. The molecule has 2 N–H and O–H groups in total. The van der Waals surface area contributed by atoms with E-state index in [0.717, 1.165) is 6.42 Å². The Bertz CT molecular complexity index is 1260. The van der Waals surface area contributed by atoms with E-state index in [0.29, 0.717) is 39.4 Å². The van der Waals surface area contributed by atoms with Crippen LogP contribution in [0.2, 0.25) is 0 Å². The van der Waals surface area contributed by atoms with Crippen LogP contribution in [0.4, 0.5) is 5.69 Å². The highest BCUT2D eigenvalue weighted by atomic mass is 79.9. The molecule has 0 aliphatic rings. The van der Waals surface area contributed by atoms with E-state index in [1.54, 1.807) is 66.7 Å². The number of hydrazone groups is 1. The van der Waals surface area contributed by atoms with Gasteiger partial charge in [0.1, 0.15) is 17.2 Å². The van der Waals surface area contributed by atoms with Crippen molar-refractivity contribution in [3.63, 3.8) is 0 Å². The summed E-state index contributed by atoms with van der Waals surface area (Å²) in [6, 6.07) is 18.2. The Morgan fingerprint density at radius 3 is 2.44 bits per heavy atom. The summed E-state index contributed by atoms with van der Waals surface area (Å²) in [7, 11) is 1.45. The van der Waals surface area contributed by atoms with Gasteiger partial charge in [0, 0.05) is 10.0 Å². The molecule has 0 fully saturated rings. The second-order valence-electron chi connectivity index (χ2n) is 7.30. The fourth-order valence-electron chi connectivity index (χ4n) is 2.92. The summed E-state index contributed by atoms with van der Waals surface area (Å²) < 4.78 is 16.9.